The predicted octanol–water partition coefficient (Wildman–Crippen LogP) is 0.977. The summed E-state index contributed by atoms with van der Waals surface area (Å²) < 4.78 is 24.4. The van der Waals surface area contributed by atoms with Crippen LogP contribution < -0.4 is 16.6 Å². The van der Waals surface area contributed by atoms with Gasteiger partial charge in [-0.1, -0.05) is 43.3 Å². The zero-order valence-electron chi connectivity index (χ0n) is 13.1. The Hall–Kier alpha value is -2.71. The van der Waals surface area contributed by atoms with Gasteiger partial charge in [0.25, 0.3) is 5.91 Å². The Morgan fingerprint density at radius 2 is 1.71 bits per heavy atom. The molecule has 0 aromatic heterocycles. The molecule has 0 unspecified atom stereocenters. The molecule has 0 saturated heterocycles. The number of hydrogen-bond donors (Lipinski definition) is 3. The van der Waals surface area contributed by atoms with Crippen LogP contribution in [0.2, 0.25) is 0 Å². The third-order valence-electron chi connectivity index (χ3n) is 3.44. The molecule has 0 bridgehead atoms. The number of primary sulfonamides is 1. The number of carbonyl (C=O) groups excluding carboxylic acids is 1. The van der Waals surface area contributed by atoms with Crippen LogP contribution in [0.4, 0.5) is 0 Å². The van der Waals surface area contributed by atoms with Crippen molar-refractivity contribution in [1.29, 1.82) is 0 Å². The monoisotopic (exact) mass is 346 g/mol. The second-order valence-electron chi connectivity index (χ2n) is 5.07. The largest absolute Gasteiger partial charge is 0.370 e. The molecule has 0 aliphatic carbocycles. The minimum Gasteiger partial charge on any atom is -0.370 e. The summed E-state index contributed by atoms with van der Waals surface area (Å²) in [4.78, 5) is 15.6. The third-order valence-corrected chi connectivity index (χ3v) is 4.48. The van der Waals surface area contributed by atoms with Crippen molar-refractivity contribution >= 4 is 21.9 Å². The lowest BCUT2D eigenvalue weighted by Crippen LogP contribution is -2.25. The summed E-state index contributed by atoms with van der Waals surface area (Å²) in [7, 11) is -4.07. The fourth-order valence-electron chi connectivity index (χ4n) is 2.53. The van der Waals surface area contributed by atoms with Crippen LogP contribution in [0.15, 0.2) is 52.4 Å². The van der Waals surface area contributed by atoms with Gasteiger partial charge in [0.05, 0.1) is 4.90 Å². The van der Waals surface area contributed by atoms with E-state index in [4.69, 9.17) is 16.6 Å². The number of benzene rings is 2. The van der Waals surface area contributed by atoms with Gasteiger partial charge in [-0.15, -0.1) is 0 Å². The molecule has 0 radical (unpaired) electrons. The quantitative estimate of drug-likeness (QED) is 0.559. The highest BCUT2D eigenvalue weighted by Gasteiger charge is 2.24. The van der Waals surface area contributed by atoms with Crippen LogP contribution >= 0.6 is 0 Å². The lowest BCUT2D eigenvalue weighted by molar-refractivity contribution is 0.100. The highest BCUT2D eigenvalue weighted by Crippen LogP contribution is 2.32. The van der Waals surface area contributed by atoms with Crippen molar-refractivity contribution < 1.29 is 13.2 Å². The Labute approximate surface area is 140 Å². The SMILES string of the molecule is CCc1c(C(=O)N=C(N)N)ccc(-c2ccccc2)c1S(N)(=O)=O. The van der Waals surface area contributed by atoms with Crippen molar-refractivity contribution in [3.8, 4) is 11.1 Å². The fourth-order valence-corrected chi connectivity index (χ4v) is 3.62. The van der Waals surface area contributed by atoms with Crippen LogP contribution in [-0.2, 0) is 16.4 Å². The van der Waals surface area contributed by atoms with Crippen molar-refractivity contribution in [1.82, 2.24) is 0 Å². The molecular weight excluding hydrogens is 328 g/mol. The Morgan fingerprint density at radius 1 is 1.08 bits per heavy atom. The van der Waals surface area contributed by atoms with E-state index in [1.165, 1.54) is 12.1 Å². The fraction of sp³-hybridized carbons (Fsp3) is 0.125. The maximum atomic E-state index is 12.2. The smallest absolute Gasteiger partial charge is 0.280 e. The molecule has 0 heterocycles. The Morgan fingerprint density at radius 3 is 2.21 bits per heavy atom. The van der Waals surface area contributed by atoms with Crippen LogP contribution in [0, 0.1) is 0 Å². The van der Waals surface area contributed by atoms with Crippen molar-refractivity contribution in [3.05, 3.63) is 53.6 Å². The molecule has 7 nitrogen and oxygen atoms in total. The topological polar surface area (TPSA) is 142 Å². The van der Waals surface area contributed by atoms with Gasteiger partial charge in [0, 0.05) is 11.1 Å². The highest BCUT2D eigenvalue weighted by atomic mass is 32.2. The molecule has 126 valence electrons. The second kappa shape index (κ2) is 6.81. The highest BCUT2D eigenvalue weighted by molar-refractivity contribution is 7.89. The van der Waals surface area contributed by atoms with Crippen LogP contribution in [0.25, 0.3) is 11.1 Å². The average Bonchev–Trinajstić information content (AvgIpc) is 2.52. The van der Waals surface area contributed by atoms with Gasteiger partial charge in [-0.05, 0) is 23.6 Å². The van der Waals surface area contributed by atoms with E-state index < -0.39 is 21.9 Å². The van der Waals surface area contributed by atoms with E-state index in [2.05, 4.69) is 4.99 Å². The van der Waals surface area contributed by atoms with Crippen molar-refractivity contribution in [2.75, 3.05) is 0 Å². The summed E-state index contributed by atoms with van der Waals surface area (Å²) in [5, 5.41) is 5.42. The zero-order valence-corrected chi connectivity index (χ0v) is 13.9. The molecule has 0 aliphatic rings. The molecule has 0 spiro atoms. The molecule has 8 heteroatoms. The molecule has 2 aromatic carbocycles. The molecule has 0 atom stereocenters. The zero-order chi connectivity index (χ0) is 17.9. The first-order chi connectivity index (χ1) is 11.3. The van der Waals surface area contributed by atoms with E-state index in [0.29, 0.717) is 11.1 Å². The molecule has 0 aliphatic heterocycles. The summed E-state index contributed by atoms with van der Waals surface area (Å²) in [5.41, 5.74) is 12.0. The van der Waals surface area contributed by atoms with Crippen molar-refractivity contribution in [2.45, 2.75) is 18.2 Å². The van der Waals surface area contributed by atoms with Gasteiger partial charge in [0.2, 0.25) is 10.0 Å². The molecule has 0 saturated carbocycles. The maximum absolute atomic E-state index is 12.2. The normalized spacial score (nSPS) is 11.1. The molecule has 2 rings (SSSR count). The first-order valence-electron chi connectivity index (χ1n) is 7.13. The minimum atomic E-state index is -4.07. The molecule has 2 aromatic rings. The average molecular weight is 346 g/mol. The number of amides is 1. The predicted molar refractivity (Wildman–Crippen MR) is 92.8 cm³/mol. The molecule has 0 fully saturated rings. The maximum Gasteiger partial charge on any atom is 0.280 e. The number of sulfonamides is 1. The number of carbonyl (C=O) groups is 1. The van der Waals surface area contributed by atoms with Gasteiger partial charge in [-0.3, -0.25) is 4.79 Å². The van der Waals surface area contributed by atoms with Crippen LogP contribution in [0.3, 0.4) is 0 Å². The minimum absolute atomic E-state index is 0.0900. The van der Waals surface area contributed by atoms with Crippen LogP contribution in [-0.4, -0.2) is 20.3 Å². The summed E-state index contributed by atoms with van der Waals surface area (Å²) in [6.45, 7) is 1.73. The van der Waals surface area contributed by atoms with Gasteiger partial charge < -0.3 is 11.5 Å². The molecule has 6 N–H and O–H groups in total. The van der Waals surface area contributed by atoms with E-state index in [1.807, 2.05) is 6.07 Å². The number of guanidine groups is 1. The number of aliphatic imine (C=N–C) groups is 1. The Bertz CT molecular complexity index is 902. The number of nitrogens with zero attached hydrogens (tertiary/aromatic N) is 1. The van der Waals surface area contributed by atoms with E-state index in [-0.39, 0.29) is 22.4 Å². The van der Waals surface area contributed by atoms with Gasteiger partial charge in [-0.2, -0.15) is 4.99 Å². The third kappa shape index (κ3) is 3.61. The van der Waals surface area contributed by atoms with E-state index in [1.54, 1.807) is 31.2 Å². The summed E-state index contributed by atoms with van der Waals surface area (Å²) >= 11 is 0. The van der Waals surface area contributed by atoms with Gasteiger partial charge in [0.1, 0.15) is 0 Å². The van der Waals surface area contributed by atoms with Crippen LogP contribution in [0.5, 0.6) is 0 Å². The summed E-state index contributed by atoms with van der Waals surface area (Å²) in [6, 6.07) is 12.0. The number of rotatable bonds is 4. The van der Waals surface area contributed by atoms with Crippen molar-refractivity contribution in [3.63, 3.8) is 0 Å². The van der Waals surface area contributed by atoms with Crippen LogP contribution in [0.1, 0.15) is 22.8 Å². The second-order valence-corrected chi connectivity index (χ2v) is 6.57. The molecule has 24 heavy (non-hydrogen) atoms. The lowest BCUT2D eigenvalue weighted by Gasteiger charge is -2.15. The first kappa shape index (κ1) is 17.6. The first-order valence-corrected chi connectivity index (χ1v) is 8.68. The van der Waals surface area contributed by atoms with Crippen molar-refractivity contribution in [2.24, 2.45) is 21.6 Å². The summed E-state index contributed by atoms with van der Waals surface area (Å²) in [5.74, 6) is -1.11. The van der Waals surface area contributed by atoms with Gasteiger partial charge in [0.15, 0.2) is 5.96 Å². The standard InChI is InChI=1S/C16H18N4O3S/c1-2-11-13(15(21)20-16(17)18)9-8-12(14(11)24(19,22)23)10-6-4-3-5-7-10/h3-9H,2H2,1H3,(H2,19,22,23)(H4,17,18,20,21). The number of nitrogens with two attached hydrogens (primary N) is 3. The lowest BCUT2D eigenvalue weighted by atomic mass is 9.97. The Balaban J connectivity index is 2.83. The van der Waals surface area contributed by atoms with E-state index in [0.717, 1.165) is 0 Å². The summed E-state index contributed by atoms with van der Waals surface area (Å²) in [6.07, 6.45) is 0.271. The van der Waals surface area contributed by atoms with Gasteiger partial charge in [-0.25, -0.2) is 13.6 Å². The number of hydrogen-bond acceptors (Lipinski definition) is 3. The molecule has 1 amide bonds. The van der Waals surface area contributed by atoms with E-state index in [9.17, 15) is 13.2 Å². The Kier molecular flexibility index (Phi) is 5.01. The van der Waals surface area contributed by atoms with Gasteiger partial charge >= 0.3 is 0 Å². The molecular formula is C16H18N4O3S. The van der Waals surface area contributed by atoms with E-state index >= 15 is 0 Å².